The normalized spacial score (nSPS) is 18.0. The number of hydrogen-bond acceptors (Lipinski definition) is 4. The molecule has 1 atom stereocenters. The molecule has 2 N–H and O–H groups in total. The molecule has 1 aliphatic rings. The number of benzene rings is 1. The van der Waals surface area contributed by atoms with E-state index in [4.69, 9.17) is 0 Å². The Morgan fingerprint density at radius 2 is 2.19 bits per heavy atom. The van der Waals surface area contributed by atoms with Gasteiger partial charge in [-0.15, -0.1) is 10.2 Å². The number of H-pyrrole nitrogens is 2. The van der Waals surface area contributed by atoms with E-state index in [1.165, 1.54) is 22.0 Å². The molecule has 0 aliphatic carbocycles. The Morgan fingerprint density at radius 1 is 1.33 bits per heavy atom. The molecule has 1 aromatic carbocycles. The average Bonchev–Trinajstić information content (AvgIpc) is 3.12. The predicted octanol–water partition coefficient (Wildman–Crippen LogP) is 1.86. The van der Waals surface area contributed by atoms with Gasteiger partial charge in [0, 0.05) is 42.0 Å². The zero-order chi connectivity index (χ0) is 14.4. The molecule has 0 amide bonds. The largest absolute Gasteiger partial charge is 0.361 e. The minimum absolute atomic E-state index is 0.139. The van der Waals surface area contributed by atoms with E-state index in [2.05, 4.69) is 68.9 Å². The fraction of sp³-hybridized carbons (Fsp3) is 0.400. The van der Waals surface area contributed by atoms with Gasteiger partial charge in [-0.2, -0.15) is 5.21 Å². The van der Waals surface area contributed by atoms with Crippen molar-refractivity contribution in [3.8, 4) is 0 Å². The number of likely N-dealkylation sites (N-methyl/N-ethyl adjacent to an activating group) is 1. The molecular weight excluding hydrogens is 264 g/mol. The molecule has 1 saturated heterocycles. The first-order chi connectivity index (χ1) is 10.2. The highest BCUT2D eigenvalue weighted by atomic mass is 15.5. The Hall–Kier alpha value is -2.21. The van der Waals surface area contributed by atoms with Gasteiger partial charge in [0.25, 0.3) is 0 Å². The van der Waals surface area contributed by atoms with Crippen molar-refractivity contribution in [2.45, 2.75) is 18.8 Å². The lowest BCUT2D eigenvalue weighted by atomic mass is 9.90. The van der Waals surface area contributed by atoms with Crippen LogP contribution in [0.5, 0.6) is 0 Å². The van der Waals surface area contributed by atoms with Crippen LogP contribution in [0.25, 0.3) is 10.9 Å². The third kappa shape index (κ3) is 2.03. The summed E-state index contributed by atoms with van der Waals surface area (Å²) in [6.45, 7) is 4.38. The fourth-order valence-corrected chi connectivity index (χ4v) is 3.16. The van der Waals surface area contributed by atoms with Crippen molar-refractivity contribution in [2.24, 2.45) is 0 Å². The van der Waals surface area contributed by atoms with Gasteiger partial charge in [-0.1, -0.05) is 18.2 Å². The predicted molar refractivity (Wildman–Crippen MR) is 80.2 cm³/mol. The first kappa shape index (κ1) is 12.5. The maximum atomic E-state index is 4.09. The van der Waals surface area contributed by atoms with Crippen LogP contribution in [0, 0.1) is 0 Å². The summed E-state index contributed by atoms with van der Waals surface area (Å²) < 4.78 is 0. The second-order valence-electron chi connectivity index (χ2n) is 5.96. The molecule has 6 nitrogen and oxygen atoms in total. The molecule has 108 valence electrons. The summed E-state index contributed by atoms with van der Waals surface area (Å²) in [6, 6.07) is 6.55. The lowest BCUT2D eigenvalue weighted by Crippen LogP contribution is -2.41. The molecule has 0 radical (unpaired) electrons. The Balaban J connectivity index is 1.73. The van der Waals surface area contributed by atoms with E-state index >= 15 is 0 Å². The summed E-state index contributed by atoms with van der Waals surface area (Å²) in [5.41, 5.74) is 3.84. The maximum absolute atomic E-state index is 4.09. The Bertz CT molecular complexity index is 754. The van der Waals surface area contributed by atoms with Crippen molar-refractivity contribution in [2.75, 3.05) is 20.1 Å². The van der Waals surface area contributed by atoms with Crippen LogP contribution in [-0.4, -0.2) is 50.6 Å². The molecule has 21 heavy (non-hydrogen) atoms. The number of likely N-dealkylation sites (tertiary alicyclic amines) is 1. The number of hydrogen-bond donors (Lipinski definition) is 2. The van der Waals surface area contributed by atoms with Crippen molar-refractivity contribution in [1.29, 1.82) is 0 Å². The van der Waals surface area contributed by atoms with Crippen LogP contribution in [0.4, 0.5) is 0 Å². The van der Waals surface area contributed by atoms with E-state index in [0.29, 0.717) is 5.92 Å². The van der Waals surface area contributed by atoms with Gasteiger partial charge in [-0.25, -0.2) is 0 Å². The lowest BCUT2D eigenvalue weighted by molar-refractivity contribution is 0.190. The van der Waals surface area contributed by atoms with Gasteiger partial charge in [0.2, 0.25) is 0 Å². The van der Waals surface area contributed by atoms with Gasteiger partial charge < -0.3 is 9.88 Å². The Labute approximate surface area is 122 Å². The SMILES string of the molecule is CC(c1ccc2[nH]cc(C3CN(C)C3)c2c1)c1nn[nH]n1. The molecule has 4 rings (SSSR count). The van der Waals surface area contributed by atoms with Crippen LogP contribution >= 0.6 is 0 Å². The molecule has 3 aromatic rings. The number of nitrogens with one attached hydrogen (secondary N) is 2. The van der Waals surface area contributed by atoms with Gasteiger partial charge in [-0.3, -0.25) is 0 Å². The number of aromatic nitrogens is 5. The first-order valence-electron chi connectivity index (χ1n) is 7.25. The summed E-state index contributed by atoms with van der Waals surface area (Å²) >= 11 is 0. The second kappa shape index (κ2) is 4.66. The Kier molecular flexibility index (Phi) is 2.78. The van der Waals surface area contributed by atoms with Crippen LogP contribution in [0.2, 0.25) is 0 Å². The minimum Gasteiger partial charge on any atom is -0.361 e. The highest BCUT2D eigenvalue weighted by Crippen LogP contribution is 2.33. The van der Waals surface area contributed by atoms with E-state index in [0.717, 1.165) is 18.9 Å². The molecule has 0 saturated carbocycles. The Morgan fingerprint density at radius 3 is 2.90 bits per heavy atom. The van der Waals surface area contributed by atoms with Crippen LogP contribution in [0.15, 0.2) is 24.4 Å². The van der Waals surface area contributed by atoms with E-state index in [9.17, 15) is 0 Å². The van der Waals surface area contributed by atoms with Crippen molar-refractivity contribution in [3.05, 3.63) is 41.3 Å². The quantitative estimate of drug-likeness (QED) is 0.769. The number of aromatic amines is 2. The number of fused-ring (bicyclic) bond motifs is 1. The van der Waals surface area contributed by atoms with E-state index in [1.54, 1.807) is 0 Å². The van der Waals surface area contributed by atoms with Gasteiger partial charge in [0.15, 0.2) is 5.82 Å². The van der Waals surface area contributed by atoms with Crippen LogP contribution in [-0.2, 0) is 0 Å². The number of rotatable bonds is 3. The average molecular weight is 282 g/mol. The van der Waals surface area contributed by atoms with Gasteiger partial charge in [0.1, 0.15) is 0 Å². The maximum Gasteiger partial charge on any atom is 0.181 e. The lowest BCUT2D eigenvalue weighted by Gasteiger charge is -2.36. The van der Waals surface area contributed by atoms with Gasteiger partial charge >= 0.3 is 0 Å². The highest BCUT2D eigenvalue weighted by Gasteiger charge is 2.27. The topological polar surface area (TPSA) is 73.5 Å². The summed E-state index contributed by atoms with van der Waals surface area (Å²) in [7, 11) is 2.16. The molecular formula is C15H18N6. The third-order valence-electron chi connectivity index (χ3n) is 4.49. The van der Waals surface area contributed by atoms with Gasteiger partial charge in [0.05, 0.1) is 0 Å². The second-order valence-corrected chi connectivity index (χ2v) is 5.96. The number of nitrogens with zero attached hydrogens (tertiary/aromatic N) is 4. The standard InChI is InChI=1S/C15H18N6/c1-9(15-17-19-20-18-15)10-3-4-14-12(5-10)13(6-16-14)11-7-21(2)8-11/h3-6,9,11,16H,7-8H2,1-2H3,(H,17,18,19,20). The van der Waals surface area contributed by atoms with Crippen molar-refractivity contribution in [1.82, 2.24) is 30.5 Å². The van der Waals surface area contributed by atoms with E-state index in [1.807, 2.05) is 0 Å². The smallest absolute Gasteiger partial charge is 0.181 e. The van der Waals surface area contributed by atoms with Crippen LogP contribution in [0.3, 0.4) is 0 Å². The molecule has 3 heterocycles. The summed E-state index contributed by atoms with van der Waals surface area (Å²) in [5.74, 6) is 1.51. The fourth-order valence-electron chi connectivity index (χ4n) is 3.16. The molecule has 1 fully saturated rings. The van der Waals surface area contributed by atoms with E-state index < -0.39 is 0 Å². The molecule has 2 aromatic heterocycles. The van der Waals surface area contributed by atoms with Crippen LogP contribution < -0.4 is 0 Å². The zero-order valence-electron chi connectivity index (χ0n) is 12.2. The highest BCUT2D eigenvalue weighted by molar-refractivity contribution is 5.84. The van der Waals surface area contributed by atoms with Crippen molar-refractivity contribution < 1.29 is 0 Å². The summed E-state index contributed by atoms with van der Waals surface area (Å²) in [6.07, 6.45) is 2.16. The van der Waals surface area contributed by atoms with Crippen molar-refractivity contribution >= 4 is 10.9 Å². The molecule has 1 unspecified atom stereocenters. The van der Waals surface area contributed by atoms with Gasteiger partial charge in [-0.05, 0) is 30.3 Å². The molecule has 0 spiro atoms. The third-order valence-corrected chi connectivity index (χ3v) is 4.49. The molecule has 1 aliphatic heterocycles. The van der Waals surface area contributed by atoms with Crippen LogP contribution in [0.1, 0.15) is 35.7 Å². The first-order valence-corrected chi connectivity index (χ1v) is 7.25. The monoisotopic (exact) mass is 282 g/mol. The van der Waals surface area contributed by atoms with Crippen molar-refractivity contribution in [3.63, 3.8) is 0 Å². The molecule has 6 heteroatoms. The summed E-state index contributed by atoms with van der Waals surface area (Å²) in [4.78, 5) is 5.73. The zero-order valence-corrected chi connectivity index (χ0v) is 12.2. The molecule has 0 bridgehead atoms. The minimum atomic E-state index is 0.139. The number of tetrazole rings is 1. The summed E-state index contributed by atoms with van der Waals surface area (Å²) in [5, 5.41) is 15.7. The van der Waals surface area contributed by atoms with E-state index in [-0.39, 0.29) is 5.92 Å².